The molecular formula is C11H15NO4S. The van der Waals surface area contributed by atoms with Gasteiger partial charge in [0, 0.05) is 12.7 Å². The second kappa shape index (κ2) is 5.79. The first kappa shape index (κ1) is 13.7. The fourth-order valence-corrected chi connectivity index (χ4v) is 2.29. The van der Waals surface area contributed by atoms with Gasteiger partial charge < -0.3 is 4.74 Å². The van der Waals surface area contributed by atoms with Crippen molar-refractivity contribution in [3.05, 3.63) is 29.8 Å². The maximum atomic E-state index is 11.6. The van der Waals surface area contributed by atoms with Crippen LogP contribution in [-0.4, -0.2) is 33.7 Å². The standard InChI is InChI=1S/C11H15NO4S/c1-9(13)10-5-3-4-6-11(10)12-17(14,15)8-7-16-2/h3-6,12H,7-8H2,1-2H3. The highest BCUT2D eigenvalue weighted by atomic mass is 32.2. The van der Waals surface area contributed by atoms with Crippen molar-refractivity contribution in [1.82, 2.24) is 0 Å². The zero-order chi connectivity index (χ0) is 12.9. The monoisotopic (exact) mass is 257 g/mol. The lowest BCUT2D eigenvalue weighted by Gasteiger charge is -2.10. The second-order valence-electron chi connectivity index (χ2n) is 3.52. The van der Waals surface area contributed by atoms with E-state index in [1.165, 1.54) is 14.0 Å². The molecule has 1 aromatic rings. The first-order valence-corrected chi connectivity index (χ1v) is 6.71. The third-order valence-corrected chi connectivity index (χ3v) is 3.36. The number of carbonyl (C=O) groups excluding carboxylic acids is 1. The van der Waals surface area contributed by atoms with Gasteiger partial charge in [-0.15, -0.1) is 0 Å². The summed E-state index contributed by atoms with van der Waals surface area (Å²) in [6.07, 6.45) is 0. The number of nitrogens with one attached hydrogen (secondary N) is 1. The molecule has 0 spiro atoms. The average Bonchev–Trinajstić information content (AvgIpc) is 2.26. The normalized spacial score (nSPS) is 11.2. The summed E-state index contributed by atoms with van der Waals surface area (Å²) in [6, 6.07) is 6.49. The number of Topliss-reactive ketones (excluding diaryl/α,β-unsaturated/α-hetero) is 1. The molecule has 1 N–H and O–H groups in total. The van der Waals surface area contributed by atoms with E-state index in [0.29, 0.717) is 11.3 Å². The number of hydrogen-bond acceptors (Lipinski definition) is 4. The lowest BCUT2D eigenvalue weighted by atomic mass is 10.1. The Morgan fingerprint density at radius 3 is 2.59 bits per heavy atom. The number of methoxy groups -OCH3 is 1. The van der Waals surface area contributed by atoms with Gasteiger partial charge in [0.25, 0.3) is 0 Å². The molecule has 0 bridgehead atoms. The molecule has 1 aromatic carbocycles. The van der Waals surface area contributed by atoms with Gasteiger partial charge in [-0.3, -0.25) is 9.52 Å². The number of carbonyl (C=O) groups is 1. The van der Waals surface area contributed by atoms with Crippen molar-refractivity contribution in [1.29, 1.82) is 0 Å². The summed E-state index contributed by atoms with van der Waals surface area (Å²) >= 11 is 0. The summed E-state index contributed by atoms with van der Waals surface area (Å²) in [6.45, 7) is 1.50. The molecule has 1 rings (SSSR count). The third kappa shape index (κ3) is 4.16. The number of benzene rings is 1. The Balaban J connectivity index is 2.92. The van der Waals surface area contributed by atoms with Gasteiger partial charge in [0.1, 0.15) is 0 Å². The Labute approximate surface area is 101 Å². The van der Waals surface area contributed by atoms with Crippen LogP contribution in [0.5, 0.6) is 0 Å². The van der Waals surface area contributed by atoms with E-state index in [4.69, 9.17) is 4.74 Å². The summed E-state index contributed by atoms with van der Waals surface area (Å²) in [5.74, 6) is -0.328. The lowest BCUT2D eigenvalue weighted by molar-refractivity contribution is 0.101. The van der Waals surface area contributed by atoms with Crippen molar-refractivity contribution >= 4 is 21.5 Å². The molecule has 17 heavy (non-hydrogen) atoms. The molecule has 0 amide bonds. The molecule has 0 aliphatic carbocycles. The van der Waals surface area contributed by atoms with Crippen LogP contribution in [0.15, 0.2) is 24.3 Å². The molecule has 0 aliphatic rings. The van der Waals surface area contributed by atoms with Crippen LogP contribution in [0.25, 0.3) is 0 Å². The number of sulfonamides is 1. The number of rotatable bonds is 6. The fraction of sp³-hybridized carbons (Fsp3) is 0.364. The van der Waals surface area contributed by atoms with Crippen LogP contribution < -0.4 is 4.72 Å². The first-order chi connectivity index (χ1) is 7.96. The quantitative estimate of drug-likeness (QED) is 0.779. The van der Waals surface area contributed by atoms with Gasteiger partial charge in [-0.05, 0) is 19.1 Å². The summed E-state index contributed by atoms with van der Waals surface area (Å²) in [7, 11) is -2.05. The molecule has 0 atom stereocenters. The summed E-state index contributed by atoms with van der Waals surface area (Å²) in [4.78, 5) is 11.3. The fourth-order valence-electron chi connectivity index (χ4n) is 1.29. The maximum absolute atomic E-state index is 11.6. The number of anilines is 1. The predicted octanol–water partition coefficient (Wildman–Crippen LogP) is 1.28. The van der Waals surface area contributed by atoms with E-state index in [0.717, 1.165) is 0 Å². The van der Waals surface area contributed by atoms with Crippen LogP contribution in [0, 0.1) is 0 Å². The second-order valence-corrected chi connectivity index (χ2v) is 5.36. The van der Waals surface area contributed by atoms with Crippen LogP contribution in [-0.2, 0) is 14.8 Å². The summed E-state index contributed by atoms with van der Waals surface area (Å²) < 4.78 is 30.3. The average molecular weight is 257 g/mol. The maximum Gasteiger partial charge on any atom is 0.235 e. The molecule has 0 aliphatic heterocycles. The van der Waals surface area contributed by atoms with E-state index in [9.17, 15) is 13.2 Å². The predicted molar refractivity (Wildman–Crippen MR) is 65.7 cm³/mol. The zero-order valence-corrected chi connectivity index (χ0v) is 10.6. The zero-order valence-electron chi connectivity index (χ0n) is 9.76. The van der Waals surface area contributed by atoms with Crippen molar-refractivity contribution in [2.75, 3.05) is 24.2 Å². The molecule has 94 valence electrons. The Kier molecular flexibility index (Phi) is 4.65. The first-order valence-electron chi connectivity index (χ1n) is 5.05. The number of para-hydroxylation sites is 1. The molecule has 0 saturated carbocycles. The SMILES string of the molecule is COCCS(=O)(=O)Nc1ccccc1C(C)=O. The van der Waals surface area contributed by atoms with Crippen LogP contribution in [0.2, 0.25) is 0 Å². The van der Waals surface area contributed by atoms with Gasteiger partial charge >= 0.3 is 0 Å². The Morgan fingerprint density at radius 2 is 2.00 bits per heavy atom. The Bertz CT molecular complexity index is 496. The van der Waals surface area contributed by atoms with Crippen molar-refractivity contribution in [2.45, 2.75) is 6.92 Å². The summed E-state index contributed by atoms with van der Waals surface area (Å²) in [5, 5.41) is 0. The van der Waals surface area contributed by atoms with Crippen LogP contribution >= 0.6 is 0 Å². The molecule has 5 nitrogen and oxygen atoms in total. The highest BCUT2D eigenvalue weighted by Crippen LogP contribution is 2.17. The van der Waals surface area contributed by atoms with Gasteiger partial charge in [-0.2, -0.15) is 0 Å². The van der Waals surface area contributed by atoms with E-state index in [-0.39, 0.29) is 18.1 Å². The van der Waals surface area contributed by atoms with E-state index in [2.05, 4.69) is 4.72 Å². The smallest absolute Gasteiger partial charge is 0.235 e. The van der Waals surface area contributed by atoms with Crippen LogP contribution in [0.1, 0.15) is 17.3 Å². The van der Waals surface area contributed by atoms with E-state index in [1.807, 2.05) is 0 Å². The minimum Gasteiger partial charge on any atom is -0.384 e. The van der Waals surface area contributed by atoms with Gasteiger partial charge in [0.15, 0.2) is 5.78 Å². The van der Waals surface area contributed by atoms with Crippen LogP contribution in [0.4, 0.5) is 5.69 Å². The van der Waals surface area contributed by atoms with Crippen molar-refractivity contribution < 1.29 is 17.9 Å². The van der Waals surface area contributed by atoms with Crippen molar-refractivity contribution in [2.24, 2.45) is 0 Å². The van der Waals surface area contributed by atoms with Gasteiger partial charge in [0.2, 0.25) is 10.0 Å². The highest BCUT2D eigenvalue weighted by Gasteiger charge is 2.13. The van der Waals surface area contributed by atoms with Gasteiger partial charge in [0.05, 0.1) is 18.0 Å². The van der Waals surface area contributed by atoms with Crippen molar-refractivity contribution in [3.8, 4) is 0 Å². The van der Waals surface area contributed by atoms with Gasteiger partial charge in [-0.1, -0.05) is 12.1 Å². The lowest BCUT2D eigenvalue weighted by Crippen LogP contribution is -2.20. The molecule has 6 heteroatoms. The molecule has 0 unspecified atom stereocenters. The van der Waals surface area contributed by atoms with E-state index >= 15 is 0 Å². The number of hydrogen-bond donors (Lipinski definition) is 1. The highest BCUT2D eigenvalue weighted by molar-refractivity contribution is 7.92. The molecular weight excluding hydrogens is 242 g/mol. The molecule has 0 radical (unpaired) electrons. The van der Waals surface area contributed by atoms with Gasteiger partial charge in [-0.25, -0.2) is 8.42 Å². The molecule has 0 saturated heterocycles. The number of ketones is 1. The van der Waals surface area contributed by atoms with Crippen LogP contribution in [0.3, 0.4) is 0 Å². The molecule has 0 heterocycles. The Morgan fingerprint density at radius 1 is 1.35 bits per heavy atom. The van der Waals surface area contributed by atoms with Crippen molar-refractivity contribution in [3.63, 3.8) is 0 Å². The minimum absolute atomic E-state index is 0.109. The topological polar surface area (TPSA) is 72.5 Å². The third-order valence-electron chi connectivity index (χ3n) is 2.13. The van der Waals surface area contributed by atoms with E-state index in [1.54, 1.807) is 24.3 Å². The van der Waals surface area contributed by atoms with E-state index < -0.39 is 10.0 Å². The molecule has 0 aromatic heterocycles. The Hall–Kier alpha value is -1.40. The minimum atomic E-state index is -3.48. The number of ether oxygens (including phenoxy) is 1. The molecule has 0 fully saturated rings. The summed E-state index contributed by atoms with van der Waals surface area (Å²) in [5.41, 5.74) is 0.657. The largest absolute Gasteiger partial charge is 0.384 e.